The molecular weight excluding hydrogens is 166 g/mol. The number of nitrogens with zero attached hydrogens (tertiary/aromatic N) is 1. The molecule has 0 spiro atoms. The first-order valence-electron chi connectivity index (χ1n) is 4.63. The van der Waals surface area contributed by atoms with Gasteiger partial charge in [-0.25, -0.2) is 0 Å². The molecule has 4 heteroatoms. The Kier molecular flexibility index (Phi) is 3.26. The minimum absolute atomic E-state index is 0.257. The maximum atomic E-state index is 11.1. The zero-order chi connectivity index (χ0) is 9.73. The minimum atomic E-state index is -0.362. The molecule has 72 valence electrons. The fraction of sp³-hybridized carbons (Fsp3) is 0.778. The van der Waals surface area contributed by atoms with Crippen LogP contribution in [0.15, 0.2) is 0 Å². The molecule has 0 aliphatic heterocycles. The molecule has 0 saturated heterocycles. The Morgan fingerprint density at radius 3 is 2.62 bits per heavy atom. The summed E-state index contributed by atoms with van der Waals surface area (Å²) in [6.07, 6.45) is 7.08. The van der Waals surface area contributed by atoms with E-state index < -0.39 is 0 Å². The van der Waals surface area contributed by atoms with Gasteiger partial charge in [-0.15, -0.1) is 0 Å². The SMILES string of the molecule is N#CNC(=O)CC1(N)CCCCC1. The predicted octanol–water partition coefficient (Wildman–Crippen LogP) is 0.635. The third kappa shape index (κ3) is 3.03. The molecule has 13 heavy (non-hydrogen) atoms. The smallest absolute Gasteiger partial charge is 0.234 e. The first-order chi connectivity index (χ1) is 6.16. The van der Waals surface area contributed by atoms with Gasteiger partial charge in [0, 0.05) is 12.0 Å². The lowest BCUT2D eigenvalue weighted by atomic mass is 9.80. The zero-order valence-electron chi connectivity index (χ0n) is 7.68. The molecule has 1 rings (SSSR count). The number of nitriles is 1. The van der Waals surface area contributed by atoms with Crippen LogP contribution in [0.5, 0.6) is 0 Å². The number of carbonyl (C=O) groups excluding carboxylic acids is 1. The van der Waals surface area contributed by atoms with Gasteiger partial charge < -0.3 is 5.73 Å². The van der Waals surface area contributed by atoms with Gasteiger partial charge in [-0.2, -0.15) is 5.26 Å². The van der Waals surface area contributed by atoms with E-state index >= 15 is 0 Å². The van der Waals surface area contributed by atoms with E-state index in [-0.39, 0.29) is 17.9 Å². The number of carbonyl (C=O) groups is 1. The van der Waals surface area contributed by atoms with Gasteiger partial charge in [-0.1, -0.05) is 19.3 Å². The molecule has 1 saturated carbocycles. The van der Waals surface area contributed by atoms with Gasteiger partial charge in [-0.05, 0) is 12.8 Å². The number of nitrogens with two attached hydrogens (primary N) is 1. The predicted molar refractivity (Wildman–Crippen MR) is 48.4 cm³/mol. The highest BCUT2D eigenvalue weighted by Gasteiger charge is 2.29. The largest absolute Gasteiger partial charge is 0.325 e. The molecule has 0 heterocycles. The Morgan fingerprint density at radius 1 is 1.46 bits per heavy atom. The lowest BCUT2D eigenvalue weighted by Crippen LogP contribution is -2.45. The molecule has 0 radical (unpaired) electrons. The van der Waals surface area contributed by atoms with E-state index in [2.05, 4.69) is 5.32 Å². The van der Waals surface area contributed by atoms with Crippen molar-refractivity contribution in [2.45, 2.75) is 44.1 Å². The van der Waals surface area contributed by atoms with Gasteiger partial charge in [0.1, 0.15) is 0 Å². The number of hydrogen-bond acceptors (Lipinski definition) is 3. The van der Waals surface area contributed by atoms with Crippen LogP contribution in [0.1, 0.15) is 38.5 Å². The molecule has 0 atom stereocenters. The second-order valence-electron chi connectivity index (χ2n) is 3.76. The zero-order valence-corrected chi connectivity index (χ0v) is 7.68. The average Bonchev–Trinajstić information content (AvgIpc) is 2.04. The minimum Gasteiger partial charge on any atom is -0.325 e. The Labute approximate surface area is 78.1 Å². The Bertz CT molecular complexity index is 226. The summed E-state index contributed by atoms with van der Waals surface area (Å²) in [5, 5.41) is 10.3. The van der Waals surface area contributed by atoms with Gasteiger partial charge in [0.2, 0.25) is 5.91 Å². The van der Waals surface area contributed by atoms with Crippen LogP contribution in [0.25, 0.3) is 0 Å². The van der Waals surface area contributed by atoms with Crippen molar-refractivity contribution < 1.29 is 4.79 Å². The van der Waals surface area contributed by atoms with Gasteiger partial charge in [0.25, 0.3) is 0 Å². The molecule has 0 aromatic rings. The van der Waals surface area contributed by atoms with Crippen molar-refractivity contribution in [2.24, 2.45) is 5.73 Å². The van der Waals surface area contributed by atoms with Crippen LogP contribution in [-0.4, -0.2) is 11.4 Å². The summed E-state index contributed by atoms with van der Waals surface area (Å²) >= 11 is 0. The summed E-state index contributed by atoms with van der Waals surface area (Å²) in [6.45, 7) is 0. The Morgan fingerprint density at radius 2 is 2.08 bits per heavy atom. The molecule has 0 bridgehead atoms. The van der Waals surface area contributed by atoms with E-state index in [9.17, 15) is 4.79 Å². The van der Waals surface area contributed by atoms with Crippen molar-refractivity contribution in [2.75, 3.05) is 0 Å². The summed E-state index contributed by atoms with van der Waals surface area (Å²) in [6, 6.07) is 0. The molecular formula is C9H15N3O. The van der Waals surface area contributed by atoms with E-state index in [4.69, 9.17) is 11.0 Å². The summed E-state index contributed by atoms with van der Waals surface area (Å²) in [4.78, 5) is 11.1. The maximum Gasteiger partial charge on any atom is 0.234 e. The quantitative estimate of drug-likeness (QED) is 0.484. The van der Waals surface area contributed by atoms with Crippen LogP contribution in [0.3, 0.4) is 0 Å². The number of rotatable bonds is 2. The second kappa shape index (κ2) is 4.24. The standard InChI is InChI=1S/C9H15N3O/c10-7-12-8(13)6-9(11)4-2-1-3-5-9/h1-6,11H2,(H,12,13). The molecule has 1 fully saturated rings. The van der Waals surface area contributed by atoms with Crippen LogP contribution in [0, 0.1) is 11.5 Å². The molecule has 1 amide bonds. The van der Waals surface area contributed by atoms with Crippen molar-refractivity contribution in [3.8, 4) is 6.19 Å². The average molecular weight is 181 g/mol. The normalized spacial score (nSPS) is 20.3. The summed E-state index contributed by atoms with van der Waals surface area (Å²) in [7, 11) is 0. The van der Waals surface area contributed by atoms with Crippen molar-refractivity contribution in [1.29, 1.82) is 5.26 Å². The Balaban J connectivity index is 2.41. The molecule has 0 aromatic heterocycles. The number of amides is 1. The molecule has 0 aromatic carbocycles. The first-order valence-corrected chi connectivity index (χ1v) is 4.63. The highest BCUT2D eigenvalue weighted by molar-refractivity contribution is 5.78. The molecule has 3 N–H and O–H groups in total. The third-order valence-corrected chi connectivity index (χ3v) is 2.56. The van der Waals surface area contributed by atoms with Gasteiger partial charge >= 0.3 is 0 Å². The lowest BCUT2D eigenvalue weighted by molar-refractivity contribution is -0.121. The summed E-state index contributed by atoms with van der Waals surface area (Å²) in [5.74, 6) is -0.257. The third-order valence-electron chi connectivity index (χ3n) is 2.56. The first kappa shape index (κ1) is 10.0. The van der Waals surface area contributed by atoms with Crippen LogP contribution in [-0.2, 0) is 4.79 Å². The van der Waals surface area contributed by atoms with E-state index in [1.807, 2.05) is 0 Å². The summed E-state index contributed by atoms with van der Waals surface area (Å²) in [5.41, 5.74) is 5.66. The lowest BCUT2D eigenvalue weighted by Gasteiger charge is -2.32. The van der Waals surface area contributed by atoms with E-state index in [0.29, 0.717) is 0 Å². The fourth-order valence-corrected chi connectivity index (χ4v) is 1.86. The van der Waals surface area contributed by atoms with Crippen molar-refractivity contribution in [3.05, 3.63) is 0 Å². The van der Waals surface area contributed by atoms with E-state index in [1.165, 1.54) is 6.42 Å². The number of hydrogen-bond donors (Lipinski definition) is 2. The molecule has 0 unspecified atom stereocenters. The van der Waals surface area contributed by atoms with Gasteiger partial charge in [0.05, 0.1) is 0 Å². The van der Waals surface area contributed by atoms with Crippen LogP contribution >= 0.6 is 0 Å². The van der Waals surface area contributed by atoms with Crippen LogP contribution in [0.4, 0.5) is 0 Å². The van der Waals surface area contributed by atoms with Crippen LogP contribution < -0.4 is 11.1 Å². The van der Waals surface area contributed by atoms with Gasteiger partial charge in [-0.3, -0.25) is 10.1 Å². The molecule has 1 aliphatic carbocycles. The second-order valence-corrected chi connectivity index (χ2v) is 3.76. The van der Waals surface area contributed by atoms with Gasteiger partial charge in [0.15, 0.2) is 6.19 Å². The number of nitrogens with one attached hydrogen (secondary N) is 1. The molecule has 4 nitrogen and oxygen atoms in total. The van der Waals surface area contributed by atoms with Crippen LogP contribution in [0.2, 0.25) is 0 Å². The van der Waals surface area contributed by atoms with E-state index in [0.717, 1.165) is 25.7 Å². The molecule has 1 aliphatic rings. The maximum absolute atomic E-state index is 11.1. The highest BCUT2D eigenvalue weighted by atomic mass is 16.1. The van der Waals surface area contributed by atoms with E-state index in [1.54, 1.807) is 6.19 Å². The van der Waals surface area contributed by atoms with Crippen molar-refractivity contribution in [3.63, 3.8) is 0 Å². The summed E-state index contributed by atoms with van der Waals surface area (Å²) < 4.78 is 0. The topological polar surface area (TPSA) is 78.9 Å². The van der Waals surface area contributed by atoms with Crippen molar-refractivity contribution >= 4 is 5.91 Å². The Hall–Kier alpha value is -1.08. The fourth-order valence-electron chi connectivity index (χ4n) is 1.86. The highest BCUT2D eigenvalue weighted by Crippen LogP contribution is 2.28. The monoisotopic (exact) mass is 181 g/mol. The van der Waals surface area contributed by atoms with Crippen molar-refractivity contribution in [1.82, 2.24) is 5.32 Å².